The first kappa shape index (κ1) is 17.3. The van der Waals surface area contributed by atoms with Crippen LogP contribution in [0.25, 0.3) is 22.4 Å². The average Bonchev–Trinajstić information content (AvgIpc) is 3.01. The van der Waals surface area contributed by atoms with Crippen LogP contribution in [0.4, 0.5) is 0 Å². The largest absolute Gasteiger partial charge is 0.503 e. The van der Waals surface area contributed by atoms with E-state index in [4.69, 9.17) is 4.74 Å². The number of aromatic nitrogens is 2. The summed E-state index contributed by atoms with van der Waals surface area (Å²) in [7, 11) is 1.50. The number of hydrogen-bond donors (Lipinski definition) is 2. The number of hydrogen-bond acceptors (Lipinski definition) is 5. The summed E-state index contributed by atoms with van der Waals surface area (Å²) in [5.41, 5.74) is 1.94. The second kappa shape index (κ2) is 6.89. The number of H-pyrrole nitrogens is 1. The molecule has 3 aromatic rings. The van der Waals surface area contributed by atoms with Crippen molar-refractivity contribution in [3.05, 3.63) is 48.8 Å². The monoisotopic (exact) mass is 432 g/mol. The third kappa shape index (κ3) is 3.05. The number of ether oxygens (including phenoxy) is 1. The minimum Gasteiger partial charge on any atom is -0.503 e. The maximum absolute atomic E-state index is 12.6. The zero-order chi connectivity index (χ0) is 18.3. The van der Waals surface area contributed by atoms with E-state index >= 15 is 0 Å². The molecule has 1 aliphatic carbocycles. The summed E-state index contributed by atoms with van der Waals surface area (Å²) < 4.78 is 5.70. The first-order valence-electron chi connectivity index (χ1n) is 8.36. The molecule has 0 unspecified atom stereocenters. The summed E-state index contributed by atoms with van der Waals surface area (Å²) in [5.74, 6) is 0.952. The SMILES string of the molecule is COc1cc(/C=C/c2nc3sc4c(c3c(=O)[nH]2)CCCC4)cc(Br)c1O. The van der Waals surface area contributed by atoms with Crippen LogP contribution in [0.5, 0.6) is 11.5 Å². The Morgan fingerprint density at radius 1 is 1.31 bits per heavy atom. The van der Waals surface area contributed by atoms with Crippen LogP contribution in [0.3, 0.4) is 0 Å². The fourth-order valence-electron chi connectivity index (χ4n) is 3.28. The fraction of sp³-hybridized carbons (Fsp3) is 0.263. The van der Waals surface area contributed by atoms with Crippen LogP contribution < -0.4 is 10.3 Å². The lowest BCUT2D eigenvalue weighted by atomic mass is 9.97. The summed E-state index contributed by atoms with van der Waals surface area (Å²) in [6, 6.07) is 3.49. The second-order valence-corrected chi connectivity index (χ2v) is 8.17. The number of rotatable bonds is 3. The van der Waals surface area contributed by atoms with E-state index in [9.17, 15) is 9.90 Å². The average molecular weight is 433 g/mol. The minimum absolute atomic E-state index is 0.0572. The molecular formula is C19H17BrN2O3S. The standard InChI is InChI=1S/C19H17BrN2O3S/c1-25-13-9-10(8-12(20)17(13)23)6-7-15-21-18(24)16-11-4-2-3-5-14(11)26-19(16)22-15/h6-9,23H,2-5H2,1H3,(H,21,22,24)/b7-6+. The van der Waals surface area contributed by atoms with Gasteiger partial charge in [0.1, 0.15) is 10.7 Å². The van der Waals surface area contributed by atoms with Crippen molar-refractivity contribution in [2.45, 2.75) is 25.7 Å². The number of phenols is 1. The first-order chi connectivity index (χ1) is 12.6. The molecule has 0 fully saturated rings. The first-order valence-corrected chi connectivity index (χ1v) is 9.97. The summed E-state index contributed by atoms with van der Waals surface area (Å²) >= 11 is 4.94. The number of aromatic hydroxyl groups is 1. The highest BCUT2D eigenvalue weighted by Gasteiger charge is 2.19. The van der Waals surface area contributed by atoms with E-state index in [1.165, 1.54) is 24.0 Å². The Kier molecular flexibility index (Phi) is 4.58. The van der Waals surface area contributed by atoms with E-state index in [2.05, 4.69) is 25.9 Å². The van der Waals surface area contributed by atoms with Gasteiger partial charge in [0.25, 0.3) is 5.56 Å². The van der Waals surface area contributed by atoms with Crippen molar-refractivity contribution in [2.75, 3.05) is 7.11 Å². The van der Waals surface area contributed by atoms with Gasteiger partial charge in [0.2, 0.25) is 0 Å². The zero-order valence-corrected chi connectivity index (χ0v) is 16.5. The van der Waals surface area contributed by atoms with Crippen LogP contribution in [-0.4, -0.2) is 22.2 Å². The van der Waals surface area contributed by atoms with Crippen LogP contribution in [0.1, 0.15) is 34.7 Å². The van der Waals surface area contributed by atoms with E-state index in [1.807, 2.05) is 6.08 Å². The molecule has 1 aliphatic rings. The van der Waals surface area contributed by atoms with Crippen molar-refractivity contribution >= 4 is 49.6 Å². The predicted octanol–water partition coefficient (Wildman–Crippen LogP) is 4.51. The molecular weight excluding hydrogens is 416 g/mol. The summed E-state index contributed by atoms with van der Waals surface area (Å²) in [6.45, 7) is 0. The Morgan fingerprint density at radius 2 is 2.12 bits per heavy atom. The molecule has 0 bridgehead atoms. The van der Waals surface area contributed by atoms with Gasteiger partial charge >= 0.3 is 0 Å². The van der Waals surface area contributed by atoms with Gasteiger partial charge in [0, 0.05) is 4.88 Å². The summed E-state index contributed by atoms with van der Waals surface area (Å²) in [6.07, 6.45) is 7.92. The third-order valence-corrected chi connectivity index (χ3v) is 6.34. The van der Waals surface area contributed by atoms with E-state index in [0.717, 1.165) is 35.0 Å². The maximum Gasteiger partial charge on any atom is 0.260 e. The quantitative estimate of drug-likeness (QED) is 0.638. The number of methoxy groups -OCH3 is 1. The van der Waals surface area contributed by atoms with Gasteiger partial charge in [-0.15, -0.1) is 11.3 Å². The number of halogens is 1. The van der Waals surface area contributed by atoms with Crippen LogP contribution >= 0.6 is 27.3 Å². The number of nitrogens with one attached hydrogen (secondary N) is 1. The van der Waals surface area contributed by atoms with Gasteiger partial charge in [-0.3, -0.25) is 4.79 Å². The highest BCUT2D eigenvalue weighted by molar-refractivity contribution is 9.10. The molecule has 7 heteroatoms. The Bertz CT molecular complexity index is 1080. The number of phenolic OH excluding ortho intramolecular Hbond substituents is 1. The number of aryl methyl sites for hydroxylation is 2. The number of thiophene rings is 1. The molecule has 0 saturated carbocycles. The van der Waals surface area contributed by atoms with Crippen molar-refractivity contribution < 1.29 is 9.84 Å². The molecule has 2 heterocycles. The Hall–Kier alpha value is -2.12. The highest BCUT2D eigenvalue weighted by Crippen LogP contribution is 2.36. The molecule has 4 rings (SSSR count). The predicted molar refractivity (Wildman–Crippen MR) is 108 cm³/mol. The lowest BCUT2D eigenvalue weighted by Crippen LogP contribution is -2.11. The minimum atomic E-state index is -0.0708. The van der Waals surface area contributed by atoms with Crippen molar-refractivity contribution in [1.29, 1.82) is 0 Å². The number of aromatic amines is 1. The van der Waals surface area contributed by atoms with Gasteiger partial charge in [0.15, 0.2) is 11.5 Å². The maximum atomic E-state index is 12.6. The van der Waals surface area contributed by atoms with Crippen molar-refractivity contribution in [3.63, 3.8) is 0 Å². The highest BCUT2D eigenvalue weighted by atomic mass is 79.9. The van der Waals surface area contributed by atoms with Gasteiger partial charge in [-0.25, -0.2) is 4.98 Å². The fourth-order valence-corrected chi connectivity index (χ4v) is 5.01. The lowest BCUT2D eigenvalue weighted by Gasteiger charge is -2.09. The third-order valence-electron chi connectivity index (χ3n) is 4.55. The van der Waals surface area contributed by atoms with E-state index in [0.29, 0.717) is 16.0 Å². The van der Waals surface area contributed by atoms with Crippen molar-refractivity contribution in [3.8, 4) is 11.5 Å². The van der Waals surface area contributed by atoms with Crippen LogP contribution in [-0.2, 0) is 12.8 Å². The van der Waals surface area contributed by atoms with E-state index < -0.39 is 0 Å². The molecule has 2 aromatic heterocycles. The lowest BCUT2D eigenvalue weighted by molar-refractivity contribution is 0.372. The Balaban J connectivity index is 1.73. The van der Waals surface area contributed by atoms with Gasteiger partial charge in [-0.1, -0.05) is 6.08 Å². The number of benzene rings is 1. The Morgan fingerprint density at radius 3 is 2.92 bits per heavy atom. The molecule has 5 nitrogen and oxygen atoms in total. The van der Waals surface area contributed by atoms with Gasteiger partial charge in [-0.05, 0) is 70.9 Å². The zero-order valence-electron chi connectivity index (χ0n) is 14.1. The summed E-state index contributed by atoms with van der Waals surface area (Å²) in [5, 5.41) is 10.6. The molecule has 0 amide bonds. The molecule has 0 saturated heterocycles. The molecule has 2 N–H and O–H groups in total. The smallest absolute Gasteiger partial charge is 0.260 e. The van der Waals surface area contributed by atoms with Crippen molar-refractivity contribution in [2.24, 2.45) is 0 Å². The van der Waals surface area contributed by atoms with Gasteiger partial charge < -0.3 is 14.8 Å². The van der Waals surface area contributed by atoms with Crippen molar-refractivity contribution in [1.82, 2.24) is 9.97 Å². The number of fused-ring (bicyclic) bond motifs is 3. The van der Waals surface area contributed by atoms with E-state index in [1.54, 1.807) is 29.5 Å². The molecule has 0 aliphatic heterocycles. The normalized spacial score (nSPS) is 14.1. The topological polar surface area (TPSA) is 75.2 Å². The molecule has 0 radical (unpaired) electrons. The molecule has 0 spiro atoms. The Labute approximate surface area is 162 Å². The summed E-state index contributed by atoms with van der Waals surface area (Å²) in [4.78, 5) is 22.2. The molecule has 1 aromatic carbocycles. The van der Waals surface area contributed by atoms with E-state index in [-0.39, 0.29) is 11.3 Å². The van der Waals surface area contributed by atoms with Crippen LogP contribution in [0, 0.1) is 0 Å². The molecule has 134 valence electrons. The van der Waals surface area contributed by atoms with Crippen LogP contribution in [0.2, 0.25) is 0 Å². The molecule has 0 atom stereocenters. The molecule has 26 heavy (non-hydrogen) atoms. The second-order valence-electron chi connectivity index (χ2n) is 6.23. The number of nitrogens with zero attached hydrogens (tertiary/aromatic N) is 1. The van der Waals surface area contributed by atoms with Gasteiger partial charge in [0.05, 0.1) is 17.0 Å². The van der Waals surface area contributed by atoms with Gasteiger partial charge in [-0.2, -0.15) is 0 Å². The van der Waals surface area contributed by atoms with Crippen LogP contribution in [0.15, 0.2) is 21.4 Å².